The average Bonchev–Trinajstić information content (AvgIpc) is 2.69. The van der Waals surface area contributed by atoms with Crippen molar-refractivity contribution < 1.29 is 24.9 Å². The normalized spacial score (nSPS) is 31.6. The number of likely N-dealkylation sites (tertiary alicyclic amines) is 1. The topological polar surface area (TPSA) is 101 Å². The van der Waals surface area contributed by atoms with Crippen LogP contribution >= 0.6 is 11.8 Å². The van der Waals surface area contributed by atoms with Gasteiger partial charge in [-0.15, -0.1) is 0 Å². The number of β-amino-alcohol motifs (C(OH)–C–C–N with tert-alkyl or cyclic N) is 2. The van der Waals surface area contributed by atoms with E-state index >= 15 is 0 Å². The van der Waals surface area contributed by atoms with Gasteiger partial charge < -0.3 is 25.1 Å². The van der Waals surface area contributed by atoms with Gasteiger partial charge in [0.05, 0.1) is 37.8 Å². The van der Waals surface area contributed by atoms with Gasteiger partial charge in [-0.2, -0.15) is 11.8 Å². The molecule has 0 aromatic rings. The number of aliphatic carboxylic acids is 1. The van der Waals surface area contributed by atoms with E-state index < -0.39 is 18.2 Å². The molecule has 3 N–H and O–H groups in total. The summed E-state index contributed by atoms with van der Waals surface area (Å²) in [6, 6.07) is -0.610. The van der Waals surface area contributed by atoms with Crippen LogP contribution in [0, 0.1) is 0 Å². The molecule has 19 heavy (non-hydrogen) atoms. The zero-order valence-corrected chi connectivity index (χ0v) is 11.3. The number of rotatable bonds is 2. The molecule has 3 atom stereocenters. The molecule has 8 heteroatoms. The molecule has 2 aliphatic heterocycles. The van der Waals surface area contributed by atoms with Crippen molar-refractivity contribution in [3.63, 3.8) is 0 Å². The average molecular weight is 290 g/mol. The first-order valence-corrected chi connectivity index (χ1v) is 7.35. The summed E-state index contributed by atoms with van der Waals surface area (Å²) in [5.41, 5.74) is 0. The lowest BCUT2D eigenvalue weighted by Crippen LogP contribution is -2.52. The van der Waals surface area contributed by atoms with Gasteiger partial charge in [0.25, 0.3) is 0 Å². The van der Waals surface area contributed by atoms with E-state index in [0.29, 0.717) is 12.3 Å². The van der Waals surface area contributed by atoms with Crippen LogP contribution in [0.3, 0.4) is 0 Å². The lowest BCUT2D eigenvalue weighted by Gasteiger charge is -2.37. The highest BCUT2D eigenvalue weighted by molar-refractivity contribution is 7.99. The van der Waals surface area contributed by atoms with Crippen molar-refractivity contribution in [1.29, 1.82) is 0 Å². The Morgan fingerprint density at radius 1 is 1.21 bits per heavy atom. The van der Waals surface area contributed by atoms with Gasteiger partial charge in [0.2, 0.25) is 0 Å². The molecule has 0 aromatic heterocycles. The molecular formula is C11H18N2O5S. The van der Waals surface area contributed by atoms with Crippen LogP contribution in [0.1, 0.15) is 6.42 Å². The van der Waals surface area contributed by atoms with Crippen LogP contribution in [0.5, 0.6) is 0 Å². The number of amides is 2. The number of urea groups is 1. The van der Waals surface area contributed by atoms with Gasteiger partial charge in [0.15, 0.2) is 0 Å². The highest BCUT2D eigenvalue weighted by Crippen LogP contribution is 2.22. The molecule has 2 amide bonds. The Kier molecular flexibility index (Phi) is 4.54. The van der Waals surface area contributed by atoms with Crippen molar-refractivity contribution in [1.82, 2.24) is 9.80 Å². The summed E-state index contributed by atoms with van der Waals surface area (Å²) in [5, 5.41) is 27.8. The molecule has 2 aliphatic rings. The number of aliphatic hydroxyl groups is 2. The fourth-order valence-electron chi connectivity index (χ4n) is 2.38. The summed E-state index contributed by atoms with van der Waals surface area (Å²) in [7, 11) is 0. The first-order chi connectivity index (χ1) is 8.99. The molecule has 0 aromatic carbocycles. The van der Waals surface area contributed by atoms with Crippen LogP contribution < -0.4 is 0 Å². The molecule has 0 radical (unpaired) electrons. The van der Waals surface area contributed by atoms with Crippen molar-refractivity contribution in [3.8, 4) is 0 Å². The fourth-order valence-corrected chi connectivity index (χ4v) is 3.45. The summed E-state index contributed by atoms with van der Waals surface area (Å²) in [6.07, 6.45) is -1.90. The molecule has 2 rings (SSSR count). The number of hydrogen-bond donors (Lipinski definition) is 3. The Labute approximate surface area is 115 Å². The Morgan fingerprint density at radius 3 is 2.42 bits per heavy atom. The molecule has 2 fully saturated rings. The summed E-state index contributed by atoms with van der Waals surface area (Å²) in [5.74, 6) is 0.462. The van der Waals surface area contributed by atoms with E-state index in [-0.39, 0.29) is 31.6 Å². The van der Waals surface area contributed by atoms with Crippen molar-refractivity contribution in [2.45, 2.75) is 24.7 Å². The second kappa shape index (κ2) is 5.98. The monoisotopic (exact) mass is 290 g/mol. The Bertz CT molecular complexity index is 357. The quantitative estimate of drug-likeness (QED) is 0.605. The SMILES string of the molecule is O=C(O)CC1CSCCN1C(=O)N1CC(O)C(O)C1. The summed E-state index contributed by atoms with van der Waals surface area (Å²) < 4.78 is 0. The number of carbonyl (C=O) groups excluding carboxylic acids is 1. The molecule has 2 saturated heterocycles. The van der Waals surface area contributed by atoms with Crippen LogP contribution in [-0.2, 0) is 4.79 Å². The number of hydrogen-bond acceptors (Lipinski definition) is 5. The summed E-state index contributed by atoms with van der Waals surface area (Å²) >= 11 is 1.64. The largest absolute Gasteiger partial charge is 0.481 e. The second-order valence-electron chi connectivity index (χ2n) is 4.84. The van der Waals surface area contributed by atoms with Gasteiger partial charge >= 0.3 is 12.0 Å². The van der Waals surface area contributed by atoms with Crippen molar-refractivity contribution >= 4 is 23.8 Å². The van der Waals surface area contributed by atoms with Gasteiger partial charge in [-0.05, 0) is 0 Å². The maximum absolute atomic E-state index is 12.3. The third-order valence-electron chi connectivity index (χ3n) is 3.41. The number of nitrogens with zero attached hydrogens (tertiary/aromatic N) is 2. The Balaban J connectivity index is 2.01. The second-order valence-corrected chi connectivity index (χ2v) is 5.99. The number of carbonyl (C=O) groups is 2. The molecule has 7 nitrogen and oxygen atoms in total. The van der Waals surface area contributed by atoms with Crippen molar-refractivity contribution in [2.75, 3.05) is 31.1 Å². The van der Waals surface area contributed by atoms with E-state index in [1.807, 2.05) is 0 Å². The first-order valence-electron chi connectivity index (χ1n) is 6.20. The van der Waals surface area contributed by atoms with E-state index in [4.69, 9.17) is 5.11 Å². The number of thioether (sulfide) groups is 1. The highest BCUT2D eigenvalue weighted by Gasteiger charge is 2.37. The van der Waals surface area contributed by atoms with Gasteiger partial charge in [-0.3, -0.25) is 4.79 Å². The van der Waals surface area contributed by atoms with E-state index in [1.165, 1.54) is 4.90 Å². The molecule has 0 aliphatic carbocycles. The number of carboxylic acids is 1. The minimum atomic E-state index is -0.924. The highest BCUT2D eigenvalue weighted by atomic mass is 32.2. The maximum Gasteiger partial charge on any atom is 0.320 e. The smallest absolute Gasteiger partial charge is 0.320 e. The minimum absolute atomic E-state index is 0.0717. The Hall–Kier alpha value is -0.990. The van der Waals surface area contributed by atoms with Gasteiger partial charge in [0, 0.05) is 18.1 Å². The summed E-state index contributed by atoms with van der Waals surface area (Å²) in [6.45, 7) is 0.705. The van der Waals surface area contributed by atoms with E-state index in [0.717, 1.165) is 5.75 Å². The van der Waals surface area contributed by atoms with E-state index in [2.05, 4.69) is 0 Å². The van der Waals surface area contributed by atoms with Crippen LogP contribution in [0.4, 0.5) is 4.79 Å². The van der Waals surface area contributed by atoms with Crippen LogP contribution in [0.25, 0.3) is 0 Å². The number of carboxylic acid groups (broad SMARTS) is 1. The molecule has 108 valence electrons. The zero-order valence-electron chi connectivity index (χ0n) is 10.4. The lowest BCUT2D eigenvalue weighted by molar-refractivity contribution is -0.138. The minimum Gasteiger partial charge on any atom is -0.481 e. The zero-order chi connectivity index (χ0) is 14.0. The van der Waals surface area contributed by atoms with Gasteiger partial charge in [0.1, 0.15) is 0 Å². The van der Waals surface area contributed by atoms with Crippen LogP contribution in [0.15, 0.2) is 0 Å². The molecule has 2 heterocycles. The van der Waals surface area contributed by atoms with Gasteiger partial charge in [-0.25, -0.2) is 4.79 Å². The van der Waals surface area contributed by atoms with E-state index in [9.17, 15) is 19.8 Å². The third kappa shape index (κ3) is 3.31. The van der Waals surface area contributed by atoms with Crippen LogP contribution in [-0.4, -0.2) is 86.5 Å². The molecular weight excluding hydrogens is 272 g/mol. The standard InChI is InChI=1S/C11H18N2O5S/c14-8-4-12(5-9(8)15)11(18)13-1-2-19-6-7(13)3-10(16)17/h7-9,14-15H,1-6H2,(H,16,17). The molecule has 3 unspecified atom stereocenters. The predicted octanol–water partition coefficient (Wildman–Crippen LogP) is -0.964. The van der Waals surface area contributed by atoms with Crippen LogP contribution in [0.2, 0.25) is 0 Å². The van der Waals surface area contributed by atoms with Crippen molar-refractivity contribution in [3.05, 3.63) is 0 Å². The van der Waals surface area contributed by atoms with E-state index in [1.54, 1.807) is 16.7 Å². The molecule has 0 bridgehead atoms. The van der Waals surface area contributed by atoms with Gasteiger partial charge in [-0.1, -0.05) is 0 Å². The lowest BCUT2D eigenvalue weighted by atomic mass is 10.2. The van der Waals surface area contributed by atoms with Crippen molar-refractivity contribution in [2.24, 2.45) is 0 Å². The molecule has 0 saturated carbocycles. The predicted molar refractivity (Wildman–Crippen MR) is 69.1 cm³/mol. The third-order valence-corrected chi connectivity index (χ3v) is 4.50. The Morgan fingerprint density at radius 2 is 1.84 bits per heavy atom. The number of aliphatic hydroxyl groups excluding tert-OH is 2. The fraction of sp³-hybridized carbons (Fsp3) is 0.818. The summed E-state index contributed by atoms with van der Waals surface area (Å²) in [4.78, 5) is 26.1. The first kappa shape index (κ1) is 14.4. The maximum atomic E-state index is 12.3. The molecule has 0 spiro atoms.